The summed E-state index contributed by atoms with van der Waals surface area (Å²) in [5, 5.41) is 15.2. The van der Waals surface area contributed by atoms with Gasteiger partial charge in [-0.3, -0.25) is 9.78 Å². The summed E-state index contributed by atoms with van der Waals surface area (Å²) in [6.45, 7) is 4.68. The van der Waals surface area contributed by atoms with Crippen molar-refractivity contribution in [3.8, 4) is 6.07 Å². The van der Waals surface area contributed by atoms with Gasteiger partial charge in [0.15, 0.2) is 0 Å². The molecule has 104 valence electrons. The second-order valence-electron chi connectivity index (χ2n) is 4.54. The maximum Gasteiger partial charge on any atom is 0.266 e. The lowest BCUT2D eigenvalue weighted by Gasteiger charge is -2.27. The minimum absolute atomic E-state index is 0.104. The molecule has 2 N–H and O–H groups in total. The van der Waals surface area contributed by atoms with E-state index < -0.39 is 0 Å². The van der Waals surface area contributed by atoms with E-state index in [4.69, 9.17) is 5.26 Å². The van der Waals surface area contributed by atoms with Crippen LogP contribution in [0.1, 0.15) is 5.69 Å². The van der Waals surface area contributed by atoms with E-state index in [1.54, 1.807) is 11.1 Å². The smallest absolute Gasteiger partial charge is 0.266 e. The van der Waals surface area contributed by atoms with Crippen molar-refractivity contribution in [2.45, 2.75) is 6.92 Å². The molecule has 0 aromatic carbocycles. The zero-order chi connectivity index (χ0) is 14.4. The maximum atomic E-state index is 12.2. The number of carbonyl (C=O) groups excluding carboxylic acids is 1. The summed E-state index contributed by atoms with van der Waals surface area (Å²) >= 11 is 0. The molecule has 0 radical (unpaired) electrons. The molecule has 0 aliphatic carbocycles. The number of hydrogen-bond donors (Lipinski definition) is 2. The van der Waals surface area contributed by atoms with Gasteiger partial charge in [-0.1, -0.05) is 0 Å². The number of amides is 1. The van der Waals surface area contributed by atoms with Gasteiger partial charge in [0.1, 0.15) is 11.6 Å². The summed E-state index contributed by atoms with van der Waals surface area (Å²) in [6.07, 6.45) is 3.10. The van der Waals surface area contributed by atoms with Gasteiger partial charge in [-0.2, -0.15) is 5.26 Å². The third kappa shape index (κ3) is 3.56. The van der Waals surface area contributed by atoms with E-state index in [1.165, 1.54) is 6.20 Å². The molecule has 2 rings (SSSR count). The number of nitriles is 1. The number of aryl methyl sites for hydroxylation is 1. The molecule has 2 heterocycles. The highest BCUT2D eigenvalue weighted by molar-refractivity contribution is 5.97. The first-order chi connectivity index (χ1) is 9.70. The number of piperazine rings is 1. The number of rotatable bonds is 3. The molecule has 0 spiro atoms. The Balaban J connectivity index is 2.03. The second kappa shape index (κ2) is 6.68. The zero-order valence-corrected chi connectivity index (χ0v) is 11.4. The molecule has 0 saturated carbocycles. The Bertz CT molecular complexity index is 538. The number of nitrogens with one attached hydrogen (secondary N) is 2. The van der Waals surface area contributed by atoms with Crippen LogP contribution in [-0.4, -0.2) is 42.0 Å². The lowest BCUT2D eigenvalue weighted by Crippen LogP contribution is -2.46. The molecule has 0 atom stereocenters. The fourth-order valence-corrected chi connectivity index (χ4v) is 1.89. The van der Waals surface area contributed by atoms with Gasteiger partial charge in [0.05, 0.1) is 11.9 Å². The number of hydrogen-bond acceptors (Lipinski definition) is 5. The van der Waals surface area contributed by atoms with E-state index in [-0.39, 0.29) is 11.5 Å². The minimum atomic E-state index is -0.235. The van der Waals surface area contributed by atoms with Crippen LogP contribution in [-0.2, 0) is 4.79 Å². The van der Waals surface area contributed by atoms with Crippen molar-refractivity contribution in [2.24, 2.45) is 0 Å². The van der Waals surface area contributed by atoms with Crippen LogP contribution in [0.2, 0.25) is 0 Å². The molecule has 0 bridgehead atoms. The van der Waals surface area contributed by atoms with E-state index >= 15 is 0 Å². The first-order valence-electron chi connectivity index (χ1n) is 6.50. The number of carbonyl (C=O) groups is 1. The second-order valence-corrected chi connectivity index (χ2v) is 4.54. The quantitative estimate of drug-likeness (QED) is 0.623. The molecule has 20 heavy (non-hydrogen) atoms. The lowest BCUT2D eigenvalue weighted by atomic mass is 10.2. The Labute approximate surface area is 118 Å². The van der Waals surface area contributed by atoms with E-state index in [1.807, 2.05) is 25.1 Å². The van der Waals surface area contributed by atoms with Crippen molar-refractivity contribution in [2.75, 3.05) is 31.5 Å². The highest BCUT2D eigenvalue weighted by Crippen LogP contribution is 2.08. The Hall–Kier alpha value is -2.39. The first kappa shape index (κ1) is 14.0. The van der Waals surface area contributed by atoms with Gasteiger partial charge in [-0.05, 0) is 19.1 Å². The minimum Gasteiger partial charge on any atom is -0.359 e. The Morgan fingerprint density at radius 1 is 1.50 bits per heavy atom. The summed E-state index contributed by atoms with van der Waals surface area (Å²) in [4.78, 5) is 18.0. The van der Waals surface area contributed by atoms with Gasteiger partial charge < -0.3 is 15.5 Å². The fourth-order valence-electron chi connectivity index (χ4n) is 1.89. The third-order valence-corrected chi connectivity index (χ3v) is 3.05. The predicted molar refractivity (Wildman–Crippen MR) is 75.7 cm³/mol. The van der Waals surface area contributed by atoms with E-state index in [0.717, 1.165) is 24.5 Å². The van der Waals surface area contributed by atoms with Gasteiger partial charge in [0, 0.05) is 38.1 Å². The van der Waals surface area contributed by atoms with Crippen molar-refractivity contribution in [1.29, 1.82) is 5.26 Å². The van der Waals surface area contributed by atoms with Crippen LogP contribution in [0.5, 0.6) is 0 Å². The van der Waals surface area contributed by atoms with Crippen LogP contribution in [0, 0.1) is 18.3 Å². The summed E-state index contributed by atoms with van der Waals surface area (Å²) in [6, 6.07) is 5.66. The van der Waals surface area contributed by atoms with E-state index in [0.29, 0.717) is 13.1 Å². The molecule has 0 unspecified atom stereocenters. The molecule has 1 aliphatic heterocycles. The maximum absolute atomic E-state index is 12.2. The van der Waals surface area contributed by atoms with Gasteiger partial charge in [-0.25, -0.2) is 0 Å². The van der Waals surface area contributed by atoms with Gasteiger partial charge in [-0.15, -0.1) is 0 Å². The molecule has 1 aromatic rings. The number of pyridine rings is 1. The summed E-state index contributed by atoms with van der Waals surface area (Å²) < 4.78 is 0. The Morgan fingerprint density at radius 2 is 2.25 bits per heavy atom. The molecule has 1 fully saturated rings. The van der Waals surface area contributed by atoms with Gasteiger partial charge in [0.2, 0.25) is 0 Å². The van der Waals surface area contributed by atoms with Crippen LogP contribution in [0.25, 0.3) is 0 Å². The summed E-state index contributed by atoms with van der Waals surface area (Å²) in [7, 11) is 0. The monoisotopic (exact) mass is 271 g/mol. The highest BCUT2D eigenvalue weighted by Gasteiger charge is 2.19. The highest BCUT2D eigenvalue weighted by atomic mass is 16.2. The Kier molecular flexibility index (Phi) is 4.69. The average molecular weight is 271 g/mol. The van der Waals surface area contributed by atoms with E-state index in [9.17, 15) is 4.79 Å². The number of anilines is 1. The molecule has 6 nitrogen and oxygen atoms in total. The van der Waals surface area contributed by atoms with Crippen LogP contribution in [0.15, 0.2) is 30.1 Å². The molecule has 1 aromatic heterocycles. The fraction of sp³-hybridized carbons (Fsp3) is 0.357. The zero-order valence-electron chi connectivity index (χ0n) is 11.4. The molecule has 6 heteroatoms. The van der Waals surface area contributed by atoms with Gasteiger partial charge in [0.25, 0.3) is 5.91 Å². The number of aromatic nitrogens is 1. The normalized spacial score (nSPS) is 15.6. The van der Waals surface area contributed by atoms with Crippen LogP contribution in [0.3, 0.4) is 0 Å². The van der Waals surface area contributed by atoms with E-state index in [2.05, 4.69) is 15.6 Å². The SMILES string of the molecule is Cc1ccc(N/C=C(/C#N)C(=O)N2CCNCC2)cn1. The molecular weight excluding hydrogens is 254 g/mol. The molecule has 1 amide bonds. The largest absolute Gasteiger partial charge is 0.359 e. The van der Waals surface area contributed by atoms with Crippen molar-refractivity contribution < 1.29 is 4.79 Å². The van der Waals surface area contributed by atoms with Crippen molar-refractivity contribution >= 4 is 11.6 Å². The lowest BCUT2D eigenvalue weighted by molar-refractivity contribution is -0.127. The van der Waals surface area contributed by atoms with Crippen molar-refractivity contribution in [1.82, 2.24) is 15.2 Å². The first-order valence-corrected chi connectivity index (χ1v) is 6.50. The standard InChI is InChI=1S/C14H17N5O/c1-11-2-3-13(10-17-11)18-9-12(8-15)14(20)19-6-4-16-5-7-19/h2-3,9-10,16,18H,4-7H2,1H3/b12-9-. The van der Waals surface area contributed by atoms with Gasteiger partial charge >= 0.3 is 0 Å². The molecule has 1 saturated heterocycles. The summed E-state index contributed by atoms with van der Waals surface area (Å²) in [5.41, 5.74) is 1.76. The van der Waals surface area contributed by atoms with Crippen molar-refractivity contribution in [3.05, 3.63) is 35.8 Å². The topological polar surface area (TPSA) is 81.0 Å². The number of nitrogens with zero attached hydrogens (tertiary/aromatic N) is 3. The van der Waals surface area contributed by atoms with Crippen molar-refractivity contribution in [3.63, 3.8) is 0 Å². The van der Waals surface area contributed by atoms with Crippen LogP contribution in [0.4, 0.5) is 5.69 Å². The van der Waals surface area contributed by atoms with Crippen LogP contribution < -0.4 is 10.6 Å². The Morgan fingerprint density at radius 3 is 2.85 bits per heavy atom. The third-order valence-electron chi connectivity index (χ3n) is 3.05. The predicted octanol–water partition coefficient (Wildman–Crippen LogP) is 0.641. The molecular formula is C14H17N5O. The average Bonchev–Trinajstić information content (AvgIpc) is 2.50. The molecule has 1 aliphatic rings. The van der Waals surface area contributed by atoms with Crippen LogP contribution >= 0.6 is 0 Å². The summed E-state index contributed by atoms with van der Waals surface area (Å²) in [5.74, 6) is -0.235.